The van der Waals surface area contributed by atoms with Crippen LogP contribution in [0.15, 0.2) is 65.1 Å². The summed E-state index contributed by atoms with van der Waals surface area (Å²) in [4.78, 5) is 20.2. The first-order valence-electron chi connectivity index (χ1n) is 9.09. The van der Waals surface area contributed by atoms with E-state index in [1.54, 1.807) is 55.2 Å². The Labute approximate surface area is 177 Å². The number of carbonyl (C=O) groups excluding carboxylic acids is 1. The average Bonchev–Trinajstić information content (AvgIpc) is 3.45. The zero-order valence-electron chi connectivity index (χ0n) is 16.1. The van der Waals surface area contributed by atoms with Gasteiger partial charge in [-0.25, -0.2) is 4.98 Å². The molecule has 2 aromatic carbocycles. The molecule has 0 spiro atoms. The summed E-state index contributed by atoms with van der Waals surface area (Å²) in [5.41, 5.74) is 4.65. The number of ether oxygens (including phenoxy) is 2. The van der Waals surface area contributed by atoms with Crippen molar-refractivity contribution >= 4 is 34.1 Å². The molecule has 7 heteroatoms. The Hall–Kier alpha value is -3.89. The van der Waals surface area contributed by atoms with Crippen molar-refractivity contribution in [2.75, 3.05) is 7.11 Å². The van der Waals surface area contributed by atoms with Gasteiger partial charge in [-0.05, 0) is 42.0 Å². The quantitative estimate of drug-likeness (QED) is 0.261. The number of thiazole rings is 1. The number of fused-ring (bicyclic) bond motifs is 1. The van der Waals surface area contributed by atoms with E-state index in [1.165, 1.54) is 11.3 Å². The molecule has 6 nitrogen and oxygen atoms in total. The number of methoxy groups -OCH3 is 1. The van der Waals surface area contributed by atoms with Crippen LogP contribution in [0.1, 0.15) is 21.6 Å². The molecule has 0 bridgehead atoms. The van der Waals surface area contributed by atoms with Crippen LogP contribution < -0.4 is 9.47 Å². The summed E-state index contributed by atoms with van der Waals surface area (Å²) in [6.45, 7) is 0.393. The lowest BCUT2D eigenvalue weighted by molar-refractivity contribution is 0.104. The molecule has 0 saturated heterocycles. The minimum atomic E-state index is -0.346. The van der Waals surface area contributed by atoms with Gasteiger partial charge in [0.15, 0.2) is 0 Å². The van der Waals surface area contributed by atoms with E-state index in [4.69, 9.17) is 9.47 Å². The normalized spacial score (nSPS) is 11.3. The van der Waals surface area contributed by atoms with Crippen LogP contribution in [0.3, 0.4) is 0 Å². The summed E-state index contributed by atoms with van der Waals surface area (Å²) >= 11 is 1.52. The summed E-state index contributed by atoms with van der Waals surface area (Å²) in [7, 11) is 1.57. The number of ketones is 1. The van der Waals surface area contributed by atoms with Crippen LogP contribution in [0.5, 0.6) is 11.5 Å². The molecule has 30 heavy (non-hydrogen) atoms. The predicted octanol–water partition coefficient (Wildman–Crippen LogP) is 5.00. The number of Topliss-reactive ketones (excluding diaryl/α,β-unsaturated/α-hetero) is 1. The van der Waals surface area contributed by atoms with Crippen LogP contribution >= 0.6 is 11.3 Å². The van der Waals surface area contributed by atoms with E-state index in [0.29, 0.717) is 29.1 Å². The van der Waals surface area contributed by atoms with E-state index in [2.05, 4.69) is 9.97 Å². The fraction of sp³-hybridized carbons (Fsp3) is 0.0870. The molecule has 0 saturated carbocycles. The minimum Gasteiger partial charge on any atom is -0.497 e. The van der Waals surface area contributed by atoms with E-state index < -0.39 is 0 Å². The molecule has 4 rings (SSSR count). The fourth-order valence-electron chi connectivity index (χ4n) is 3.00. The van der Waals surface area contributed by atoms with Gasteiger partial charge in [0.25, 0.3) is 0 Å². The van der Waals surface area contributed by atoms with Crippen molar-refractivity contribution in [3.8, 4) is 17.6 Å². The number of rotatable bonds is 7. The molecule has 1 N–H and O–H groups in total. The van der Waals surface area contributed by atoms with Gasteiger partial charge in [0.05, 0.1) is 18.3 Å². The van der Waals surface area contributed by atoms with Crippen LogP contribution in [0.2, 0.25) is 0 Å². The molecule has 2 heterocycles. The highest BCUT2D eigenvalue weighted by Crippen LogP contribution is 2.26. The Morgan fingerprint density at radius 3 is 2.73 bits per heavy atom. The molecule has 0 radical (unpaired) electrons. The molecule has 0 unspecified atom stereocenters. The predicted molar refractivity (Wildman–Crippen MR) is 116 cm³/mol. The third kappa shape index (κ3) is 4.09. The van der Waals surface area contributed by atoms with Crippen LogP contribution in [0.4, 0.5) is 0 Å². The second kappa shape index (κ2) is 8.64. The van der Waals surface area contributed by atoms with Crippen molar-refractivity contribution in [3.63, 3.8) is 0 Å². The first-order chi connectivity index (χ1) is 14.7. The lowest BCUT2D eigenvalue weighted by Crippen LogP contribution is -2.01. The molecular formula is C23H17N3O3S. The van der Waals surface area contributed by atoms with E-state index in [1.807, 2.05) is 23.6 Å². The maximum atomic E-state index is 13.0. The standard InChI is InChI=1S/C23H17N3O3S/c1-28-19-6-7-22-20(9-19)21(11-25-22)23(27)16(10-24)8-15-2-4-18(5-3-15)29-12-17-13-30-14-26-17/h2-9,11,13-14,25H,12H2,1H3/b16-8-. The van der Waals surface area contributed by atoms with Gasteiger partial charge in [0.1, 0.15) is 29.7 Å². The number of hydrogen-bond donors (Lipinski definition) is 1. The Bertz CT molecular complexity index is 1250. The van der Waals surface area contributed by atoms with Gasteiger partial charge in [-0.1, -0.05) is 12.1 Å². The number of nitrogens with zero attached hydrogens (tertiary/aromatic N) is 2. The average molecular weight is 415 g/mol. The van der Waals surface area contributed by atoms with E-state index in [0.717, 1.165) is 16.8 Å². The van der Waals surface area contributed by atoms with Crippen molar-refractivity contribution in [3.05, 3.63) is 81.9 Å². The molecule has 148 valence electrons. The number of carbonyl (C=O) groups is 1. The zero-order valence-corrected chi connectivity index (χ0v) is 16.9. The number of benzene rings is 2. The van der Waals surface area contributed by atoms with Crippen molar-refractivity contribution in [2.45, 2.75) is 6.61 Å². The Balaban J connectivity index is 1.54. The van der Waals surface area contributed by atoms with E-state index >= 15 is 0 Å². The summed E-state index contributed by atoms with van der Waals surface area (Å²) in [5.74, 6) is 0.987. The van der Waals surface area contributed by atoms with Gasteiger partial charge < -0.3 is 14.5 Å². The topological polar surface area (TPSA) is 88.0 Å². The highest BCUT2D eigenvalue weighted by molar-refractivity contribution is 7.07. The maximum absolute atomic E-state index is 13.0. The zero-order chi connectivity index (χ0) is 20.9. The van der Waals surface area contributed by atoms with Crippen LogP contribution in [0, 0.1) is 11.3 Å². The number of H-pyrrole nitrogens is 1. The molecule has 0 atom stereocenters. The van der Waals surface area contributed by atoms with E-state index in [9.17, 15) is 10.1 Å². The molecule has 2 aromatic heterocycles. The fourth-order valence-corrected chi connectivity index (χ4v) is 3.54. The third-order valence-electron chi connectivity index (χ3n) is 4.56. The summed E-state index contributed by atoms with van der Waals surface area (Å²) < 4.78 is 10.9. The molecule has 0 fully saturated rings. The van der Waals surface area contributed by atoms with Crippen molar-refractivity contribution in [1.82, 2.24) is 9.97 Å². The highest BCUT2D eigenvalue weighted by atomic mass is 32.1. The minimum absolute atomic E-state index is 0.0508. The van der Waals surface area contributed by atoms with Gasteiger partial charge in [-0.3, -0.25) is 4.79 Å². The second-order valence-corrected chi connectivity index (χ2v) is 7.17. The lowest BCUT2D eigenvalue weighted by atomic mass is 10.0. The molecule has 0 amide bonds. The van der Waals surface area contributed by atoms with Gasteiger partial charge in [0.2, 0.25) is 5.78 Å². The van der Waals surface area contributed by atoms with Crippen LogP contribution in [-0.2, 0) is 6.61 Å². The summed E-state index contributed by atoms with van der Waals surface area (Å²) in [6.07, 6.45) is 3.19. The van der Waals surface area contributed by atoms with Crippen LogP contribution in [-0.4, -0.2) is 22.9 Å². The Kier molecular flexibility index (Phi) is 5.59. The second-order valence-electron chi connectivity index (χ2n) is 6.45. The van der Waals surface area contributed by atoms with Crippen molar-refractivity contribution in [2.24, 2.45) is 0 Å². The first kappa shape index (κ1) is 19.4. The summed E-state index contributed by atoms with van der Waals surface area (Å²) in [5, 5.41) is 12.2. The molecule has 4 aromatic rings. The number of aromatic nitrogens is 2. The smallest absolute Gasteiger partial charge is 0.205 e. The van der Waals surface area contributed by atoms with Crippen molar-refractivity contribution < 1.29 is 14.3 Å². The summed E-state index contributed by atoms with van der Waals surface area (Å²) in [6, 6.07) is 14.7. The monoisotopic (exact) mass is 415 g/mol. The first-order valence-corrected chi connectivity index (χ1v) is 10.0. The SMILES string of the molecule is COc1ccc2[nH]cc(C(=O)/C(C#N)=C\c3ccc(OCc4cscn4)cc3)c2c1. The lowest BCUT2D eigenvalue weighted by Gasteiger charge is -2.05. The largest absolute Gasteiger partial charge is 0.497 e. The van der Waals surface area contributed by atoms with E-state index in [-0.39, 0.29) is 11.4 Å². The van der Waals surface area contributed by atoms with Gasteiger partial charge >= 0.3 is 0 Å². The molecule has 0 aliphatic rings. The third-order valence-corrected chi connectivity index (χ3v) is 5.20. The Morgan fingerprint density at radius 1 is 1.23 bits per heavy atom. The Morgan fingerprint density at radius 2 is 2.03 bits per heavy atom. The number of nitriles is 1. The molecule has 0 aliphatic carbocycles. The molecule has 0 aliphatic heterocycles. The molecular weight excluding hydrogens is 398 g/mol. The van der Waals surface area contributed by atoms with Gasteiger partial charge in [-0.15, -0.1) is 11.3 Å². The number of aromatic amines is 1. The van der Waals surface area contributed by atoms with Gasteiger partial charge in [-0.2, -0.15) is 5.26 Å². The number of nitrogens with one attached hydrogen (secondary N) is 1. The van der Waals surface area contributed by atoms with Crippen LogP contribution in [0.25, 0.3) is 17.0 Å². The van der Waals surface area contributed by atoms with Gasteiger partial charge in [0, 0.05) is 28.0 Å². The number of allylic oxidation sites excluding steroid dienone is 1. The van der Waals surface area contributed by atoms with Crippen molar-refractivity contribution in [1.29, 1.82) is 5.26 Å². The number of hydrogen-bond acceptors (Lipinski definition) is 6. The highest BCUT2D eigenvalue weighted by Gasteiger charge is 2.17. The maximum Gasteiger partial charge on any atom is 0.205 e.